The molecule has 1 heterocycles. The van der Waals surface area contributed by atoms with Gasteiger partial charge in [-0.3, -0.25) is 4.79 Å². The number of rotatable bonds is 6. The molecule has 1 aromatic heterocycles. The molecule has 1 amide bonds. The van der Waals surface area contributed by atoms with Crippen molar-refractivity contribution in [3.8, 4) is 0 Å². The molecule has 0 atom stereocenters. The molecule has 0 aliphatic rings. The van der Waals surface area contributed by atoms with E-state index in [2.05, 4.69) is 27.4 Å². The van der Waals surface area contributed by atoms with Crippen molar-refractivity contribution < 1.29 is 9.18 Å². The van der Waals surface area contributed by atoms with Gasteiger partial charge >= 0.3 is 0 Å². The molecule has 0 unspecified atom stereocenters. The Morgan fingerprint density at radius 1 is 1.19 bits per heavy atom. The van der Waals surface area contributed by atoms with Crippen LogP contribution in [0.2, 0.25) is 5.15 Å². The maximum Gasteiger partial charge on any atom is 0.255 e. The van der Waals surface area contributed by atoms with Crippen molar-refractivity contribution in [1.82, 2.24) is 10.2 Å². The van der Waals surface area contributed by atoms with Gasteiger partial charge in [0.1, 0.15) is 6.67 Å². The van der Waals surface area contributed by atoms with Gasteiger partial charge in [0, 0.05) is 28.6 Å². The molecular formula is C19H16ClFN4O. The maximum atomic E-state index is 12.8. The van der Waals surface area contributed by atoms with Crippen LogP contribution in [0.25, 0.3) is 10.8 Å². The van der Waals surface area contributed by atoms with E-state index in [9.17, 15) is 9.18 Å². The van der Waals surface area contributed by atoms with Crippen molar-refractivity contribution >= 4 is 39.8 Å². The summed E-state index contributed by atoms with van der Waals surface area (Å²) in [6.07, 6.45) is 1.69. The van der Waals surface area contributed by atoms with Crippen LogP contribution in [0.1, 0.15) is 15.9 Å². The average Bonchev–Trinajstić information content (AvgIpc) is 2.67. The van der Waals surface area contributed by atoms with Gasteiger partial charge in [-0.2, -0.15) is 0 Å². The molecule has 3 aromatic rings. The van der Waals surface area contributed by atoms with Crippen LogP contribution in [0.15, 0.2) is 55.1 Å². The molecule has 0 fully saturated rings. The lowest BCUT2D eigenvalue weighted by atomic mass is 10.1. The van der Waals surface area contributed by atoms with Gasteiger partial charge in [-0.15, -0.1) is 16.8 Å². The maximum absolute atomic E-state index is 12.8. The lowest BCUT2D eigenvalue weighted by Gasteiger charge is -2.10. The van der Waals surface area contributed by atoms with Crippen LogP contribution in [0.3, 0.4) is 0 Å². The quantitative estimate of drug-likeness (QED) is 0.622. The molecule has 2 aromatic carbocycles. The number of hydrogen-bond donors (Lipinski definition) is 2. The van der Waals surface area contributed by atoms with E-state index in [-0.39, 0.29) is 11.1 Å². The fraction of sp³-hybridized carbons (Fsp3) is 0.105. The third-order valence-corrected chi connectivity index (χ3v) is 4.03. The molecular weight excluding hydrogens is 355 g/mol. The summed E-state index contributed by atoms with van der Waals surface area (Å²) >= 11 is 6.10. The first-order valence-corrected chi connectivity index (χ1v) is 8.27. The van der Waals surface area contributed by atoms with Gasteiger partial charge in [-0.05, 0) is 29.8 Å². The summed E-state index contributed by atoms with van der Waals surface area (Å²) in [4.78, 5) is 12.6. The monoisotopic (exact) mass is 370 g/mol. The number of nitrogens with zero attached hydrogens (tertiary/aromatic N) is 2. The summed E-state index contributed by atoms with van der Waals surface area (Å²) in [5, 5.41) is 15.4. The lowest BCUT2D eigenvalue weighted by Crippen LogP contribution is -2.12. The van der Waals surface area contributed by atoms with Gasteiger partial charge in [0.25, 0.3) is 5.91 Å². The molecule has 0 saturated carbocycles. The molecule has 3 rings (SSSR count). The Bertz CT molecular complexity index is 977. The predicted octanol–water partition coefficient (Wildman–Crippen LogP) is 4.60. The van der Waals surface area contributed by atoms with Gasteiger partial charge in [0.15, 0.2) is 11.0 Å². The van der Waals surface area contributed by atoms with E-state index >= 15 is 0 Å². The first-order valence-electron chi connectivity index (χ1n) is 7.89. The first-order chi connectivity index (χ1) is 12.6. The molecule has 0 aliphatic carbocycles. The highest BCUT2D eigenvalue weighted by Crippen LogP contribution is 2.27. The third-order valence-electron chi connectivity index (χ3n) is 3.75. The number of alkyl halides is 1. The molecule has 0 saturated heterocycles. The van der Waals surface area contributed by atoms with Crippen molar-refractivity contribution in [2.45, 2.75) is 6.67 Å². The van der Waals surface area contributed by atoms with Crippen LogP contribution in [0.4, 0.5) is 15.9 Å². The second kappa shape index (κ2) is 7.93. The van der Waals surface area contributed by atoms with Crippen LogP contribution < -0.4 is 10.6 Å². The smallest absolute Gasteiger partial charge is 0.255 e. The summed E-state index contributed by atoms with van der Waals surface area (Å²) in [6.45, 7) is 3.56. The van der Waals surface area contributed by atoms with Gasteiger partial charge in [-0.25, -0.2) is 4.39 Å². The van der Waals surface area contributed by atoms with E-state index in [0.717, 1.165) is 0 Å². The van der Waals surface area contributed by atoms with Crippen molar-refractivity contribution in [3.63, 3.8) is 0 Å². The summed E-state index contributed by atoms with van der Waals surface area (Å²) in [6, 6.07) is 11.7. The van der Waals surface area contributed by atoms with Gasteiger partial charge in [0.2, 0.25) is 0 Å². The number of nitrogens with one attached hydrogen (secondary N) is 2. The number of carbonyl (C=O) groups is 1. The number of fused-ring (bicyclic) bond motifs is 1. The minimum atomic E-state index is -0.588. The number of carbonyl (C=O) groups excluding carboxylic acids is 1. The van der Waals surface area contributed by atoms with Crippen molar-refractivity contribution in [2.75, 3.05) is 17.2 Å². The summed E-state index contributed by atoms with van der Waals surface area (Å²) in [7, 11) is 0. The summed E-state index contributed by atoms with van der Waals surface area (Å²) < 4.78 is 12.8. The number of amides is 1. The highest BCUT2D eigenvalue weighted by Gasteiger charge is 2.12. The van der Waals surface area contributed by atoms with Gasteiger partial charge < -0.3 is 10.6 Å². The Balaban J connectivity index is 1.94. The Labute approximate surface area is 154 Å². The SMILES string of the molecule is C=CCNc1nnc(Cl)c2ccc(C(=O)Nc3cccc(CF)c3)cc12. The van der Waals surface area contributed by atoms with E-state index in [1.807, 2.05) is 0 Å². The molecule has 26 heavy (non-hydrogen) atoms. The molecule has 7 heteroatoms. The second-order valence-corrected chi connectivity index (χ2v) is 5.92. The first kappa shape index (κ1) is 17.8. The normalized spacial score (nSPS) is 10.5. The number of anilines is 2. The van der Waals surface area contributed by atoms with Crippen molar-refractivity contribution in [3.05, 3.63) is 71.4 Å². The number of aromatic nitrogens is 2. The van der Waals surface area contributed by atoms with Gasteiger partial charge in [-0.1, -0.05) is 35.9 Å². The Kier molecular flexibility index (Phi) is 5.43. The average molecular weight is 371 g/mol. The largest absolute Gasteiger partial charge is 0.365 e. The van der Waals surface area contributed by atoms with E-state index in [4.69, 9.17) is 11.6 Å². The molecule has 2 N–H and O–H groups in total. The fourth-order valence-corrected chi connectivity index (χ4v) is 2.70. The zero-order chi connectivity index (χ0) is 18.5. The van der Waals surface area contributed by atoms with E-state index in [0.29, 0.717) is 39.9 Å². The minimum absolute atomic E-state index is 0.256. The molecule has 0 aliphatic heterocycles. The highest BCUT2D eigenvalue weighted by molar-refractivity contribution is 6.34. The van der Waals surface area contributed by atoms with Crippen LogP contribution >= 0.6 is 11.6 Å². The number of halogens is 2. The lowest BCUT2D eigenvalue weighted by molar-refractivity contribution is 0.102. The van der Waals surface area contributed by atoms with E-state index < -0.39 is 6.67 Å². The highest BCUT2D eigenvalue weighted by atomic mass is 35.5. The zero-order valence-electron chi connectivity index (χ0n) is 13.8. The molecule has 0 spiro atoms. The second-order valence-electron chi connectivity index (χ2n) is 5.56. The number of hydrogen-bond acceptors (Lipinski definition) is 4. The minimum Gasteiger partial charge on any atom is -0.365 e. The Hall–Kier alpha value is -2.99. The van der Waals surface area contributed by atoms with Crippen LogP contribution in [0.5, 0.6) is 0 Å². The molecule has 0 radical (unpaired) electrons. The summed E-state index contributed by atoms with van der Waals surface area (Å²) in [5.74, 6) is 0.198. The zero-order valence-corrected chi connectivity index (χ0v) is 14.6. The van der Waals surface area contributed by atoms with Crippen LogP contribution in [-0.2, 0) is 6.67 Å². The summed E-state index contributed by atoms with van der Waals surface area (Å²) in [5.41, 5.74) is 1.45. The van der Waals surface area contributed by atoms with Crippen LogP contribution in [-0.4, -0.2) is 22.6 Å². The fourth-order valence-electron chi connectivity index (χ4n) is 2.50. The number of benzene rings is 2. The Morgan fingerprint density at radius 3 is 2.81 bits per heavy atom. The molecule has 0 bridgehead atoms. The standard InChI is InChI=1S/C19H16ClFN4O/c1-2-8-22-18-16-10-13(6-7-15(16)17(20)24-25-18)19(26)23-14-5-3-4-12(9-14)11-21/h2-7,9-10H,1,8,11H2,(H,22,25)(H,23,26). The van der Waals surface area contributed by atoms with Crippen molar-refractivity contribution in [1.29, 1.82) is 0 Å². The predicted molar refractivity (Wildman–Crippen MR) is 102 cm³/mol. The third kappa shape index (κ3) is 3.81. The van der Waals surface area contributed by atoms with Crippen molar-refractivity contribution in [2.24, 2.45) is 0 Å². The topological polar surface area (TPSA) is 66.9 Å². The van der Waals surface area contributed by atoms with Gasteiger partial charge in [0.05, 0.1) is 0 Å². The van der Waals surface area contributed by atoms with E-state index in [1.54, 1.807) is 48.5 Å². The Morgan fingerprint density at radius 2 is 2.04 bits per heavy atom. The molecule has 5 nitrogen and oxygen atoms in total. The van der Waals surface area contributed by atoms with E-state index in [1.165, 1.54) is 0 Å². The molecule has 132 valence electrons. The van der Waals surface area contributed by atoms with Crippen LogP contribution in [0, 0.1) is 0 Å².